The molecule has 0 aromatic heterocycles. The molecule has 17 heteroatoms. The van der Waals surface area contributed by atoms with Gasteiger partial charge in [-0.25, -0.2) is 0 Å². The Morgan fingerprint density at radius 2 is 0.571 bits per heavy atom. The van der Waals surface area contributed by atoms with Gasteiger partial charge in [-0.3, -0.25) is 0 Å². The van der Waals surface area contributed by atoms with Crippen LogP contribution in [0.5, 0.6) is 17.2 Å². The van der Waals surface area contributed by atoms with Gasteiger partial charge in [0.2, 0.25) is 0 Å². The molecule has 0 amide bonds. The predicted molar refractivity (Wildman–Crippen MR) is 104 cm³/mol. The molecule has 0 heterocycles. The summed E-state index contributed by atoms with van der Waals surface area (Å²) in [5.74, 6) is 0.127. The Kier molecular flexibility index (Phi) is 19.8. The third-order valence-corrected chi connectivity index (χ3v) is 4.18. The second-order valence-electron chi connectivity index (χ2n) is 5.55. The van der Waals surface area contributed by atoms with E-state index < -0.39 is 23.5 Å². The first-order chi connectivity index (χ1) is 15.2. The molecule has 2 radical (unpaired) electrons. The van der Waals surface area contributed by atoms with Gasteiger partial charge in [0.05, 0.1) is 0 Å². The third-order valence-electron chi connectivity index (χ3n) is 2.88. The number of hydrogen-bond acceptors (Lipinski definition) is 12. The molecule has 12 nitrogen and oxygen atoms in total. The molecule has 0 fully saturated rings. The first-order valence-corrected chi connectivity index (χ1v) is 12.9. The monoisotopic (exact) mass is 796 g/mol. The molecule has 182 valence electrons. The summed E-state index contributed by atoms with van der Waals surface area (Å²) in [5.41, 5.74) is 0. The molecule has 0 aliphatic carbocycles. The molecule has 3 rings (SSSR count). The van der Waals surface area contributed by atoms with Crippen LogP contribution in [-0.4, -0.2) is 0 Å². The van der Waals surface area contributed by atoms with Crippen LogP contribution < -0.4 is 42.9 Å². The fourth-order valence-electron chi connectivity index (χ4n) is 1.83. The van der Waals surface area contributed by atoms with E-state index in [0.717, 1.165) is 0 Å². The van der Waals surface area contributed by atoms with Gasteiger partial charge in [0.1, 0.15) is 40.7 Å². The Morgan fingerprint density at radius 1 is 0.400 bits per heavy atom. The predicted octanol–water partition coefficient (Wildman–Crippen LogP) is -0.318. The number of rotatable bonds is 6. The number of hydrogen-bond donors (Lipinski definition) is 0. The summed E-state index contributed by atoms with van der Waals surface area (Å²) in [4.78, 5) is 60.3. The van der Waals surface area contributed by atoms with Crippen molar-refractivity contribution >= 4 is 23.5 Å². The maximum Gasteiger partial charge on any atom is 3.00 e. The van der Waals surface area contributed by atoms with E-state index in [9.17, 15) is 43.1 Å². The third kappa shape index (κ3) is 23.1. The zero-order chi connectivity index (χ0) is 25.0. The van der Waals surface area contributed by atoms with Gasteiger partial charge in [0.25, 0.3) is 0 Å². The van der Waals surface area contributed by atoms with Crippen LogP contribution in [0.3, 0.4) is 0 Å². The van der Waals surface area contributed by atoms with Crippen LogP contribution in [0.25, 0.3) is 0 Å². The smallest absolute Gasteiger partial charge is 0.780 e. The number of para-hydroxylation sites is 3. The van der Waals surface area contributed by atoms with Gasteiger partial charge in [0, 0.05) is 0 Å². The second kappa shape index (κ2) is 18.5. The Hall–Kier alpha value is 0.263. The summed E-state index contributed by atoms with van der Waals surface area (Å²) in [5, 5.41) is 0. The molecule has 0 bridgehead atoms. The average Bonchev–Trinajstić information content (AvgIpc) is 2.67. The summed E-state index contributed by atoms with van der Waals surface area (Å²) in [7, 11) is -14.7. The van der Waals surface area contributed by atoms with Crippen LogP contribution in [0.15, 0.2) is 91.0 Å². The SMILES string of the molecule is O=P([O-])([O-])Oc1ccccc1.O=P([O-])([O-])Oc1ccccc1.O=P([O-])([O-])Oc1ccccc1.[Ce+3].[Ce+3]. The molecule has 0 N–H and O–H groups in total. The standard InChI is InChI=1S/3C6H7O4P.2Ce/c3*7-11(8,9)10-6-4-2-1-3-5-6;;/h3*1-5H,(H2,7,8,9);;/q;;;2*+3/p-6. The van der Waals surface area contributed by atoms with Gasteiger partial charge in [0.15, 0.2) is 0 Å². The normalized spacial score (nSPS) is 10.5. The summed E-state index contributed by atoms with van der Waals surface area (Å²) < 4.78 is 42.3. The van der Waals surface area contributed by atoms with E-state index >= 15 is 0 Å². The Morgan fingerprint density at radius 3 is 0.714 bits per heavy atom. The van der Waals surface area contributed by atoms with Crippen LogP contribution in [-0.2, 0) is 13.7 Å². The van der Waals surface area contributed by atoms with E-state index in [1.165, 1.54) is 36.4 Å². The van der Waals surface area contributed by atoms with Crippen LogP contribution in [0.1, 0.15) is 0 Å². The minimum atomic E-state index is -4.89. The van der Waals surface area contributed by atoms with Crippen LogP contribution in [0.4, 0.5) is 0 Å². The van der Waals surface area contributed by atoms with Gasteiger partial charge in [-0.05, 0) is 36.4 Å². The largest absolute Gasteiger partial charge is 3.00 e. The van der Waals surface area contributed by atoms with E-state index in [4.69, 9.17) is 0 Å². The molecule has 0 saturated carbocycles. The van der Waals surface area contributed by atoms with Crippen LogP contribution in [0, 0.1) is 83.5 Å². The maximum atomic E-state index is 10.1. The first kappa shape index (κ1) is 37.4. The van der Waals surface area contributed by atoms with Gasteiger partial charge < -0.3 is 56.6 Å². The topological polar surface area (TPSA) is 217 Å². The summed E-state index contributed by atoms with van der Waals surface area (Å²) in [6.07, 6.45) is 0. The zero-order valence-electron chi connectivity index (χ0n) is 17.4. The Bertz CT molecular complexity index is 948. The number of benzene rings is 3. The molecule has 0 aliphatic heterocycles. The molecule has 0 unspecified atom stereocenters. The van der Waals surface area contributed by atoms with E-state index in [-0.39, 0.29) is 101 Å². The summed E-state index contributed by atoms with van der Waals surface area (Å²) in [6, 6.07) is 22.9. The van der Waals surface area contributed by atoms with Crippen molar-refractivity contribution in [1.82, 2.24) is 0 Å². The van der Waals surface area contributed by atoms with Crippen molar-refractivity contribution in [2.45, 2.75) is 0 Å². The average molecular weight is 796 g/mol. The first-order valence-electron chi connectivity index (χ1n) is 8.54. The molecule has 0 aliphatic rings. The van der Waals surface area contributed by atoms with Gasteiger partial charge >= 0.3 is 83.5 Å². The van der Waals surface area contributed by atoms with E-state index in [2.05, 4.69) is 13.6 Å². The number of phosphoric ester groups is 3. The summed E-state index contributed by atoms with van der Waals surface area (Å²) in [6.45, 7) is 0. The fourth-order valence-corrected chi connectivity index (χ4v) is 2.97. The van der Waals surface area contributed by atoms with Gasteiger partial charge in [-0.2, -0.15) is 0 Å². The second-order valence-corrected chi connectivity index (χ2v) is 8.79. The van der Waals surface area contributed by atoms with E-state index in [1.807, 2.05) is 0 Å². The van der Waals surface area contributed by atoms with Gasteiger partial charge in [-0.1, -0.05) is 54.6 Å². The molecule has 3 aromatic rings. The van der Waals surface area contributed by atoms with Crippen molar-refractivity contribution in [3.05, 3.63) is 91.0 Å². The summed E-state index contributed by atoms with van der Waals surface area (Å²) >= 11 is 0. The molecular weight excluding hydrogens is 781 g/mol. The van der Waals surface area contributed by atoms with Crippen molar-refractivity contribution in [2.75, 3.05) is 0 Å². The van der Waals surface area contributed by atoms with Crippen molar-refractivity contribution in [2.24, 2.45) is 0 Å². The minimum Gasteiger partial charge on any atom is -0.780 e. The van der Waals surface area contributed by atoms with Crippen LogP contribution in [0.2, 0.25) is 0 Å². The molecule has 0 spiro atoms. The van der Waals surface area contributed by atoms with Gasteiger partial charge in [-0.15, -0.1) is 0 Å². The molecule has 35 heavy (non-hydrogen) atoms. The van der Waals surface area contributed by atoms with Crippen molar-refractivity contribution < 1.29 is 140 Å². The van der Waals surface area contributed by atoms with Crippen LogP contribution >= 0.6 is 23.5 Å². The molecular formula is C18H15Ce2O12P3. The van der Waals surface area contributed by atoms with Crippen molar-refractivity contribution in [3.8, 4) is 17.2 Å². The van der Waals surface area contributed by atoms with Crippen molar-refractivity contribution in [3.63, 3.8) is 0 Å². The molecule has 3 aromatic carbocycles. The van der Waals surface area contributed by atoms with E-state index in [0.29, 0.717) is 0 Å². The Labute approximate surface area is 268 Å². The minimum absolute atomic E-state index is 0. The number of phosphoric acid groups is 3. The molecule has 0 saturated heterocycles. The zero-order valence-corrected chi connectivity index (χ0v) is 26.4. The quantitative estimate of drug-likeness (QED) is 0.294. The Balaban J connectivity index is 0. The van der Waals surface area contributed by atoms with E-state index in [1.54, 1.807) is 54.6 Å². The molecule has 0 atom stereocenters. The van der Waals surface area contributed by atoms with Crippen molar-refractivity contribution in [1.29, 1.82) is 0 Å². The maximum absolute atomic E-state index is 10.1. The fraction of sp³-hybridized carbons (Fsp3) is 0.